The minimum absolute atomic E-state index is 1.05. The van der Waals surface area contributed by atoms with Crippen LogP contribution in [-0.4, -0.2) is 0 Å². The Kier molecular flexibility index (Phi) is 1.91. The smallest absolute Gasteiger partial charge is 0.0236 e. The summed E-state index contributed by atoms with van der Waals surface area (Å²) in [7, 11) is 0. The Labute approximate surface area is 64.0 Å². The molecule has 0 atom stereocenters. The van der Waals surface area contributed by atoms with Crippen LogP contribution in [0.5, 0.6) is 0 Å². The third-order valence-electron chi connectivity index (χ3n) is 1.27. The third kappa shape index (κ3) is 1.33. The molecule has 1 rings (SSSR count). The zero-order valence-corrected chi connectivity index (χ0v) is 6.90. The maximum absolute atomic E-state index is 3.83. The fourth-order valence-corrected chi connectivity index (χ4v) is 0.973. The molecule has 0 saturated heterocycles. The topological polar surface area (TPSA) is 0 Å². The van der Waals surface area contributed by atoms with Gasteiger partial charge in [0.15, 0.2) is 0 Å². The van der Waals surface area contributed by atoms with E-state index in [1.165, 1.54) is 5.56 Å². The first-order valence-electron chi connectivity index (χ1n) is 2.79. The molecule has 0 heterocycles. The van der Waals surface area contributed by atoms with E-state index in [9.17, 15) is 0 Å². The first-order chi connectivity index (χ1) is 4.22. The highest BCUT2D eigenvalue weighted by Crippen LogP contribution is 2.19. The van der Waals surface area contributed by atoms with Gasteiger partial charge < -0.3 is 0 Å². The maximum Gasteiger partial charge on any atom is 0.0236 e. The van der Waals surface area contributed by atoms with E-state index in [1.807, 2.05) is 12.1 Å². The first-order valence-corrected chi connectivity index (χ1v) is 3.58. The van der Waals surface area contributed by atoms with Crippen LogP contribution in [0.2, 0.25) is 0 Å². The van der Waals surface area contributed by atoms with Gasteiger partial charge in [-0.25, -0.2) is 0 Å². The van der Waals surface area contributed by atoms with E-state index in [0.29, 0.717) is 0 Å². The molecule has 47 valence electrons. The van der Waals surface area contributed by atoms with Gasteiger partial charge in [-0.2, -0.15) is 0 Å². The molecule has 0 aliphatic carbocycles. The van der Waals surface area contributed by atoms with Gasteiger partial charge >= 0.3 is 0 Å². The number of aryl methyl sites for hydroxylation is 1. The number of rotatable bonds is 0. The van der Waals surface area contributed by atoms with Gasteiger partial charge in [0, 0.05) is 4.47 Å². The van der Waals surface area contributed by atoms with Crippen LogP contribution in [-0.2, 0) is 0 Å². The molecule has 0 amide bonds. The molecule has 1 heteroatoms. The maximum atomic E-state index is 3.83. The van der Waals surface area contributed by atoms with Crippen molar-refractivity contribution < 1.29 is 0 Å². The monoisotopic (exact) mass is 183 g/mol. The van der Waals surface area contributed by atoms with Gasteiger partial charge in [0.1, 0.15) is 0 Å². The van der Waals surface area contributed by atoms with Crippen molar-refractivity contribution in [2.24, 2.45) is 0 Å². The molecule has 0 aliphatic heterocycles. The lowest BCUT2D eigenvalue weighted by atomic mass is 10.2. The van der Waals surface area contributed by atoms with E-state index >= 15 is 0 Å². The molecule has 0 aliphatic rings. The predicted molar refractivity (Wildman–Crippen MR) is 43.3 cm³/mol. The Bertz CT molecular complexity index is 196. The van der Waals surface area contributed by atoms with Crippen LogP contribution in [0.1, 0.15) is 11.1 Å². The van der Waals surface area contributed by atoms with Crippen LogP contribution in [0.4, 0.5) is 0 Å². The zero-order valence-electron chi connectivity index (χ0n) is 5.32. The van der Waals surface area contributed by atoms with E-state index in [4.69, 9.17) is 0 Å². The molecule has 0 unspecified atom stereocenters. The normalized spacial score (nSPS) is 9.67. The summed E-state index contributed by atoms with van der Waals surface area (Å²) >= 11 is 3.42. The fraction of sp³-hybridized carbons (Fsp3) is 0.125. The van der Waals surface area contributed by atoms with Crippen molar-refractivity contribution in [2.75, 3.05) is 0 Å². The predicted octanol–water partition coefficient (Wildman–Crippen LogP) is 2.94. The van der Waals surface area contributed by atoms with E-state index in [2.05, 4.69) is 35.8 Å². The quantitative estimate of drug-likeness (QED) is 0.581. The van der Waals surface area contributed by atoms with E-state index in [0.717, 1.165) is 10.0 Å². The molecule has 1 radical (unpaired) electrons. The highest BCUT2D eigenvalue weighted by molar-refractivity contribution is 9.10. The highest BCUT2D eigenvalue weighted by atomic mass is 79.9. The van der Waals surface area contributed by atoms with Crippen LogP contribution in [0, 0.1) is 13.8 Å². The number of hydrogen-bond acceptors (Lipinski definition) is 0. The van der Waals surface area contributed by atoms with Gasteiger partial charge in [0.05, 0.1) is 0 Å². The number of hydrogen-bond donors (Lipinski definition) is 0. The van der Waals surface area contributed by atoms with Crippen molar-refractivity contribution in [3.8, 4) is 0 Å². The molecule has 0 N–H and O–H groups in total. The van der Waals surface area contributed by atoms with Gasteiger partial charge in [0.2, 0.25) is 0 Å². The second kappa shape index (κ2) is 2.53. The third-order valence-corrected chi connectivity index (χ3v) is 2.41. The summed E-state index contributed by atoms with van der Waals surface area (Å²) < 4.78 is 1.12. The number of benzene rings is 1. The second-order valence-corrected chi connectivity index (χ2v) is 2.84. The van der Waals surface area contributed by atoms with Gasteiger partial charge in [-0.15, -0.1) is 0 Å². The number of halogens is 1. The molecule has 0 aromatic heterocycles. The molecule has 1 aromatic rings. The lowest BCUT2D eigenvalue weighted by Crippen LogP contribution is -1.77. The van der Waals surface area contributed by atoms with Crippen LogP contribution in [0.3, 0.4) is 0 Å². The molecular weight excluding hydrogens is 176 g/mol. The Morgan fingerprint density at radius 2 is 2.11 bits per heavy atom. The minimum atomic E-state index is 1.05. The van der Waals surface area contributed by atoms with Crippen molar-refractivity contribution >= 4 is 15.9 Å². The standard InChI is InChI=1S/C8H8Br/c1-6-4-3-5-7(2)8(6)9/h3-5H,1H2,2H3. The molecular formula is C8H8Br. The average Bonchev–Trinajstić information content (AvgIpc) is 1.83. The lowest BCUT2D eigenvalue weighted by molar-refractivity contribution is 1.40. The van der Waals surface area contributed by atoms with Gasteiger partial charge in [-0.1, -0.05) is 34.1 Å². The fourth-order valence-electron chi connectivity index (χ4n) is 0.708. The molecule has 1 aromatic carbocycles. The van der Waals surface area contributed by atoms with Crippen LogP contribution in [0.25, 0.3) is 0 Å². The van der Waals surface area contributed by atoms with Crippen LogP contribution < -0.4 is 0 Å². The molecule has 9 heavy (non-hydrogen) atoms. The van der Waals surface area contributed by atoms with Gasteiger partial charge in [-0.3, -0.25) is 0 Å². The lowest BCUT2D eigenvalue weighted by Gasteiger charge is -1.98. The van der Waals surface area contributed by atoms with E-state index in [1.54, 1.807) is 0 Å². The van der Waals surface area contributed by atoms with Crippen LogP contribution in [0.15, 0.2) is 22.7 Å². The Hall–Kier alpha value is -0.300. The largest absolute Gasteiger partial charge is 0.0617 e. The molecule has 0 fully saturated rings. The summed E-state index contributed by atoms with van der Waals surface area (Å²) in [6.45, 7) is 5.89. The van der Waals surface area contributed by atoms with Crippen molar-refractivity contribution in [3.05, 3.63) is 40.7 Å². The Morgan fingerprint density at radius 3 is 2.56 bits per heavy atom. The van der Waals surface area contributed by atoms with Gasteiger partial charge in [0.25, 0.3) is 0 Å². The zero-order chi connectivity index (χ0) is 6.85. The Balaban J connectivity index is 3.25. The summed E-state index contributed by atoms with van der Waals surface area (Å²) in [6, 6.07) is 6.04. The van der Waals surface area contributed by atoms with Crippen molar-refractivity contribution in [1.82, 2.24) is 0 Å². The Morgan fingerprint density at radius 1 is 1.44 bits per heavy atom. The highest BCUT2D eigenvalue weighted by Gasteiger charge is 1.94. The average molecular weight is 184 g/mol. The van der Waals surface area contributed by atoms with Crippen molar-refractivity contribution in [2.45, 2.75) is 6.92 Å². The van der Waals surface area contributed by atoms with E-state index < -0.39 is 0 Å². The van der Waals surface area contributed by atoms with Gasteiger partial charge in [-0.05, 0) is 25.0 Å². The second-order valence-electron chi connectivity index (χ2n) is 2.05. The van der Waals surface area contributed by atoms with Crippen molar-refractivity contribution in [3.63, 3.8) is 0 Å². The summed E-state index contributed by atoms with van der Waals surface area (Å²) in [6.07, 6.45) is 0. The summed E-state index contributed by atoms with van der Waals surface area (Å²) in [5.41, 5.74) is 2.29. The molecule has 0 bridgehead atoms. The first kappa shape index (κ1) is 6.81. The summed E-state index contributed by atoms with van der Waals surface area (Å²) in [5, 5.41) is 0. The van der Waals surface area contributed by atoms with Crippen LogP contribution >= 0.6 is 15.9 Å². The molecule has 0 saturated carbocycles. The molecule has 0 nitrogen and oxygen atoms in total. The minimum Gasteiger partial charge on any atom is -0.0617 e. The van der Waals surface area contributed by atoms with Crippen molar-refractivity contribution in [1.29, 1.82) is 0 Å². The SMILES string of the molecule is [CH2]c1cccc(C)c1Br. The van der Waals surface area contributed by atoms with E-state index in [-0.39, 0.29) is 0 Å². The summed E-state index contributed by atoms with van der Waals surface area (Å²) in [4.78, 5) is 0. The summed E-state index contributed by atoms with van der Waals surface area (Å²) in [5.74, 6) is 0. The molecule has 0 spiro atoms.